The first kappa shape index (κ1) is 22.1. The summed E-state index contributed by atoms with van der Waals surface area (Å²) in [7, 11) is -3.69. The number of benzene rings is 3. The van der Waals surface area contributed by atoms with Gasteiger partial charge in [-0.2, -0.15) is 0 Å². The second kappa shape index (κ2) is 9.02. The number of nitrogens with zero attached hydrogens (tertiary/aromatic N) is 1. The normalized spacial score (nSPS) is 11.3. The fraction of sp³-hybridized carbons (Fsp3) is 0.174. The molecule has 0 fully saturated rings. The fourth-order valence-electron chi connectivity index (χ4n) is 3.11. The molecule has 0 heterocycles. The van der Waals surface area contributed by atoms with E-state index in [0.29, 0.717) is 15.7 Å². The summed E-state index contributed by atoms with van der Waals surface area (Å²) < 4.78 is 29.0. The van der Waals surface area contributed by atoms with E-state index < -0.39 is 15.9 Å². The van der Waals surface area contributed by atoms with Crippen molar-refractivity contribution in [3.05, 3.63) is 99.0 Å². The van der Waals surface area contributed by atoms with E-state index >= 15 is 0 Å². The smallest absolute Gasteiger partial charge is 0.248 e. The van der Waals surface area contributed by atoms with E-state index in [2.05, 4.69) is 15.9 Å². The Balaban J connectivity index is 1.99. The van der Waals surface area contributed by atoms with Crippen LogP contribution in [-0.2, 0) is 22.3 Å². The first-order valence-corrected chi connectivity index (χ1v) is 11.8. The van der Waals surface area contributed by atoms with E-state index in [0.717, 1.165) is 22.3 Å². The predicted molar refractivity (Wildman–Crippen MR) is 124 cm³/mol. The Labute approximate surface area is 185 Å². The molecule has 30 heavy (non-hydrogen) atoms. The Bertz CT molecular complexity index is 1180. The molecule has 3 aromatic carbocycles. The van der Waals surface area contributed by atoms with Crippen LogP contribution < -0.4 is 10.0 Å². The third-order valence-electron chi connectivity index (χ3n) is 4.94. The maximum Gasteiger partial charge on any atom is 0.248 e. The van der Waals surface area contributed by atoms with Gasteiger partial charge >= 0.3 is 0 Å². The first-order chi connectivity index (χ1) is 14.2. The van der Waals surface area contributed by atoms with Crippen molar-refractivity contribution in [1.82, 2.24) is 0 Å². The van der Waals surface area contributed by atoms with Crippen molar-refractivity contribution in [2.45, 2.75) is 26.1 Å². The van der Waals surface area contributed by atoms with Gasteiger partial charge in [0.05, 0.1) is 18.0 Å². The fourth-order valence-corrected chi connectivity index (χ4v) is 5.29. The maximum absolute atomic E-state index is 13.5. The Morgan fingerprint density at radius 1 is 0.933 bits per heavy atom. The average Bonchev–Trinajstić information content (AvgIpc) is 2.69. The summed E-state index contributed by atoms with van der Waals surface area (Å²) >= 11 is 3.47. The minimum absolute atomic E-state index is 0.116. The number of rotatable bonds is 7. The molecule has 7 heteroatoms. The molecule has 0 atom stereocenters. The van der Waals surface area contributed by atoms with Gasteiger partial charge in [0.2, 0.25) is 15.9 Å². The van der Waals surface area contributed by atoms with E-state index in [1.54, 1.807) is 36.4 Å². The molecule has 0 saturated carbocycles. The molecule has 2 N–H and O–H groups in total. The molecule has 0 spiro atoms. The average molecular weight is 487 g/mol. The molecule has 0 unspecified atom stereocenters. The summed E-state index contributed by atoms with van der Waals surface area (Å²) in [6, 6.07) is 19.5. The molecule has 0 aromatic heterocycles. The Morgan fingerprint density at radius 2 is 1.57 bits per heavy atom. The molecule has 5 nitrogen and oxygen atoms in total. The minimum Gasteiger partial charge on any atom is -0.366 e. The molecule has 0 aliphatic carbocycles. The number of anilines is 1. The lowest BCUT2D eigenvalue weighted by atomic mass is 10.1. The van der Waals surface area contributed by atoms with Crippen molar-refractivity contribution in [2.24, 2.45) is 5.73 Å². The zero-order valence-electron chi connectivity index (χ0n) is 16.8. The van der Waals surface area contributed by atoms with Gasteiger partial charge in [-0.15, -0.1) is 0 Å². The SMILES string of the molecule is Cc1ccc(CS(=O)(=O)N(Cc2ccc(C(N)=O)cc2)c2ccccc2Br)cc1C. The highest BCUT2D eigenvalue weighted by molar-refractivity contribution is 9.10. The molecule has 0 saturated heterocycles. The van der Waals surface area contributed by atoms with Crippen LogP contribution in [0.25, 0.3) is 0 Å². The third kappa shape index (κ3) is 5.09. The number of aryl methyl sites for hydroxylation is 2. The molecular weight excluding hydrogens is 464 g/mol. The molecular formula is C23H23BrN2O3S. The van der Waals surface area contributed by atoms with Crippen molar-refractivity contribution >= 4 is 37.5 Å². The van der Waals surface area contributed by atoms with Crippen LogP contribution in [0.3, 0.4) is 0 Å². The lowest BCUT2D eigenvalue weighted by molar-refractivity contribution is 0.100. The van der Waals surface area contributed by atoms with Crippen LogP contribution in [0.15, 0.2) is 71.2 Å². The van der Waals surface area contributed by atoms with Gasteiger partial charge in [0, 0.05) is 10.0 Å². The number of sulfonamides is 1. The Morgan fingerprint density at radius 3 is 2.17 bits per heavy atom. The Kier molecular flexibility index (Phi) is 6.63. The van der Waals surface area contributed by atoms with Crippen molar-refractivity contribution in [2.75, 3.05) is 4.31 Å². The molecule has 0 aliphatic heterocycles. The lowest BCUT2D eigenvalue weighted by Gasteiger charge is -2.26. The quantitative estimate of drug-likeness (QED) is 0.525. The number of primary amides is 1. The molecule has 3 rings (SSSR count). The van der Waals surface area contributed by atoms with Crippen molar-refractivity contribution in [3.8, 4) is 0 Å². The number of carbonyl (C=O) groups excluding carboxylic acids is 1. The molecule has 3 aromatic rings. The standard InChI is InChI=1S/C23H23BrN2O3S/c1-16-7-8-19(13-17(16)2)15-30(28,29)26(22-6-4-3-5-21(22)24)14-18-9-11-20(12-10-18)23(25)27/h3-13H,14-15H2,1-2H3,(H2,25,27). The lowest BCUT2D eigenvalue weighted by Crippen LogP contribution is -2.32. The van der Waals surface area contributed by atoms with Gasteiger partial charge in [0.15, 0.2) is 0 Å². The Hall–Kier alpha value is -2.64. The first-order valence-electron chi connectivity index (χ1n) is 9.37. The maximum atomic E-state index is 13.5. The summed E-state index contributed by atoms with van der Waals surface area (Å²) in [5.74, 6) is -0.638. The van der Waals surface area contributed by atoms with Gasteiger partial charge in [0.25, 0.3) is 0 Å². The summed E-state index contributed by atoms with van der Waals surface area (Å²) in [6.45, 7) is 4.10. The van der Waals surface area contributed by atoms with E-state index in [-0.39, 0.29) is 12.3 Å². The second-order valence-corrected chi connectivity index (χ2v) is 9.94. The molecule has 0 aliphatic rings. The topological polar surface area (TPSA) is 80.5 Å². The minimum atomic E-state index is -3.69. The zero-order valence-corrected chi connectivity index (χ0v) is 19.2. The van der Waals surface area contributed by atoms with Crippen molar-refractivity contribution in [1.29, 1.82) is 0 Å². The van der Waals surface area contributed by atoms with Gasteiger partial charge in [-0.3, -0.25) is 9.10 Å². The van der Waals surface area contributed by atoms with Crippen LogP contribution in [0.5, 0.6) is 0 Å². The highest BCUT2D eigenvalue weighted by Gasteiger charge is 2.25. The van der Waals surface area contributed by atoms with Crippen LogP contribution in [0.4, 0.5) is 5.69 Å². The summed E-state index contributed by atoms with van der Waals surface area (Å²) in [6.07, 6.45) is 0. The summed E-state index contributed by atoms with van der Waals surface area (Å²) in [5.41, 5.74) is 9.89. The predicted octanol–water partition coefficient (Wildman–Crippen LogP) is 4.70. The van der Waals surface area contributed by atoms with E-state index in [9.17, 15) is 13.2 Å². The molecule has 0 bridgehead atoms. The van der Waals surface area contributed by atoms with E-state index in [1.165, 1.54) is 4.31 Å². The number of nitrogens with two attached hydrogens (primary N) is 1. The highest BCUT2D eigenvalue weighted by atomic mass is 79.9. The van der Waals surface area contributed by atoms with Crippen molar-refractivity contribution in [3.63, 3.8) is 0 Å². The van der Waals surface area contributed by atoms with Gasteiger partial charge in [-0.05, 0) is 76.3 Å². The van der Waals surface area contributed by atoms with Gasteiger partial charge in [-0.1, -0.05) is 42.5 Å². The number of amides is 1. The molecule has 156 valence electrons. The number of carbonyl (C=O) groups is 1. The van der Waals surface area contributed by atoms with Gasteiger partial charge < -0.3 is 5.73 Å². The molecule has 1 amide bonds. The summed E-state index contributed by atoms with van der Waals surface area (Å²) in [4.78, 5) is 11.3. The van der Waals surface area contributed by atoms with Gasteiger partial charge in [-0.25, -0.2) is 8.42 Å². The summed E-state index contributed by atoms with van der Waals surface area (Å²) in [5, 5.41) is 0. The number of hydrogen-bond acceptors (Lipinski definition) is 3. The van der Waals surface area contributed by atoms with Crippen LogP contribution >= 0.6 is 15.9 Å². The largest absolute Gasteiger partial charge is 0.366 e. The number of para-hydroxylation sites is 1. The highest BCUT2D eigenvalue weighted by Crippen LogP contribution is 2.31. The van der Waals surface area contributed by atoms with E-state index in [4.69, 9.17) is 5.73 Å². The van der Waals surface area contributed by atoms with Crippen LogP contribution in [0.2, 0.25) is 0 Å². The van der Waals surface area contributed by atoms with Gasteiger partial charge in [0.1, 0.15) is 0 Å². The van der Waals surface area contributed by atoms with Crippen LogP contribution in [0.1, 0.15) is 32.6 Å². The van der Waals surface area contributed by atoms with Crippen LogP contribution in [0, 0.1) is 13.8 Å². The number of hydrogen-bond donors (Lipinski definition) is 1. The van der Waals surface area contributed by atoms with E-state index in [1.807, 2.05) is 44.2 Å². The zero-order chi connectivity index (χ0) is 21.9. The monoisotopic (exact) mass is 486 g/mol. The van der Waals surface area contributed by atoms with Crippen molar-refractivity contribution < 1.29 is 13.2 Å². The second-order valence-electron chi connectivity index (χ2n) is 7.19. The number of halogens is 1. The third-order valence-corrected chi connectivity index (χ3v) is 7.31. The molecule has 0 radical (unpaired) electrons. The van der Waals surface area contributed by atoms with Crippen LogP contribution in [-0.4, -0.2) is 14.3 Å².